The van der Waals surface area contributed by atoms with Gasteiger partial charge in [0.05, 0.1) is 13.5 Å². The first-order valence-electron chi connectivity index (χ1n) is 5.50. The lowest BCUT2D eigenvalue weighted by Crippen LogP contribution is -2.13. The molecule has 1 aromatic heterocycles. The molecule has 0 aromatic carbocycles. The van der Waals surface area contributed by atoms with Crippen LogP contribution in [0.4, 0.5) is 0 Å². The summed E-state index contributed by atoms with van der Waals surface area (Å²) in [6.45, 7) is 2.08. The molecule has 94 valence electrons. The van der Waals surface area contributed by atoms with Gasteiger partial charge in [0.1, 0.15) is 5.03 Å². The number of aromatic nitrogens is 1. The van der Waals surface area contributed by atoms with Crippen molar-refractivity contribution in [1.82, 2.24) is 10.3 Å². The van der Waals surface area contributed by atoms with E-state index in [1.807, 2.05) is 13.1 Å². The third kappa shape index (κ3) is 4.36. The van der Waals surface area contributed by atoms with Gasteiger partial charge in [0, 0.05) is 23.6 Å². The fourth-order valence-corrected chi connectivity index (χ4v) is 2.35. The maximum atomic E-state index is 11.0. The van der Waals surface area contributed by atoms with Crippen LogP contribution in [0.25, 0.3) is 0 Å². The van der Waals surface area contributed by atoms with Gasteiger partial charge in [-0.1, -0.05) is 6.07 Å². The number of carbonyl (C=O) groups excluding carboxylic acids is 1. The normalized spacial score (nSPS) is 12.2. The molecule has 1 N–H and O–H groups in total. The van der Waals surface area contributed by atoms with Gasteiger partial charge in [0.15, 0.2) is 0 Å². The first-order valence-corrected chi connectivity index (χ1v) is 6.49. The van der Waals surface area contributed by atoms with Crippen molar-refractivity contribution >= 4 is 17.7 Å². The first kappa shape index (κ1) is 14.0. The summed E-state index contributed by atoms with van der Waals surface area (Å²) < 4.78 is 4.60. The second-order valence-corrected chi connectivity index (χ2v) is 4.67. The van der Waals surface area contributed by atoms with Gasteiger partial charge < -0.3 is 10.1 Å². The molecular weight excluding hydrogens is 236 g/mol. The van der Waals surface area contributed by atoms with E-state index in [1.165, 1.54) is 7.11 Å². The van der Waals surface area contributed by atoms with Crippen molar-refractivity contribution in [2.75, 3.05) is 19.9 Å². The van der Waals surface area contributed by atoms with Gasteiger partial charge in [-0.05, 0) is 20.0 Å². The molecule has 0 fully saturated rings. The molecule has 1 atom stereocenters. The molecule has 0 bridgehead atoms. The number of methoxy groups -OCH3 is 1. The molecule has 0 saturated carbocycles. The topological polar surface area (TPSA) is 51.2 Å². The number of nitrogens with zero attached hydrogens (tertiary/aromatic N) is 1. The number of hydrogen-bond donors (Lipinski definition) is 1. The van der Waals surface area contributed by atoms with E-state index >= 15 is 0 Å². The third-order valence-corrected chi connectivity index (χ3v) is 3.50. The van der Waals surface area contributed by atoms with Gasteiger partial charge >= 0.3 is 5.97 Å². The molecule has 0 saturated heterocycles. The third-order valence-electron chi connectivity index (χ3n) is 2.47. The minimum atomic E-state index is -0.184. The van der Waals surface area contributed by atoms with E-state index < -0.39 is 0 Å². The number of pyridine rings is 1. The van der Waals surface area contributed by atoms with E-state index in [4.69, 9.17) is 0 Å². The van der Waals surface area contributed by atoms with Crippen LogP contribution in [0.2, 0.25) is 0 Å². The Bertz CT molecular complexity index is 371. The first-order chi connectivity index (χ1) is 8.19. The molecule has 0 radical (unpaired) electrons. The fraction of sp³-hybridized carbons (Fsp3) is 0.500. The van der Waals surface area contributed by atoms with E-state index in [9.17, 15) is 4.79 Å². The Hall–Kier alpha value is -1.07. The van der Waals surface area contributed by atoms with Gasteiger partial charge in [-0.2, -0.15) is 0 Å². The number of thioether (sulfide) groups is 1. The van der Waals surface area contributed by atoms with E-state index in [2.05, 4.69) is 28.0 Å². The van der Waals surface area contributed by atoms with Crippen molar-refractivity contribution in [3.63, 3.8) is 0 Å². The summed E-state index contributed by atoms with van der Waals surface area (Å²) in [5.41, 5.74) is 1.16. The lowest BCUT2D eigenvalue weighted by Gasteiger charge is -2.13. The number of ether oxygens (including phenoxy) is 1. The summed E-state index contributed by atoms with van der Waals surface area (Å²) in [7, 11) is 3.32. The zero-order chi connectivity index (χ0) is 12.7. The molecule has 17 heavy (non-hydrogen) atoms. The molecule has 0 spiro atoms. The highest BCUT2D eigenvalue weighted by Crippen LogP contribution is 2.25. The van der Waals surface area contributed by atoms with Crippen LogP contribution in [0.3, 0.4) is 0 Å². The Morgan fingerprint density at radius 3 is 3.06 bits per heavy atom. The van der Waals surface area contributed by atoms with Crippen LogP contribution in [0, 0.1) is 0 Å². The Balaban J connectivity index is 2.61. The second kappa shape index (κ2) is 7.29. The monoisotopic (exact) mass is 254 g/mol. The van der Waals surface area contributed by atoms with Crippen LogP contribution in [-0.4, -0.2) is 30.9 Å². The Morgan fingerprint density at radius 2 is 2.41 bits per heavy atom. The smallest absolute Gasteiger partial charge is 0.306 e. The summed E-state index contributed by atoms with van der Waals surface area (Å²) in [5.74, 6) is 0.504. The SMILES string of the molecule is CNC(C)c1cccnc1SCCC(=O)OC. The highest BCUT2D eigenvalue weighted by molar-refractivity contribution is 7.99. The lowest BCUT2D eigenvalue weighted by molar-refractivity contribution is -0.140. The molecule has 0 aliphatic heterocycles. The number of hydrogen-bond acceptors (Lipinski definition) is 5. The highest BCUT2D eigenvalue weighted by Gasteiger charge is 2.10. The summed E-state index contributed by atoms with van der Waals surface area (Å²) >= 11 is 1.58. The van der Waals surface area contributed by atoms with Crippen LogP contribution in [0.5, 0.6) is 0 Å². The number of nitrogens with one attached hydrogen (secondary N) is 1. The van der Waals surface area contributed by atoms with Crippen LogP contribution < -0.4 is 5.32 Å². The molecule has 1 unspecified atom stereocenters. The highest BCUT2D eigenvalue weighted by atomic mass is 32.2. The maximum absolute atomic E-state index is 11.0. The van der Waals surface area contributed by atoms with E-state index in [0.717, 1.165) is 10.6 Å². The molecule has 0 amide bonds. The Morgan fingerprint density at radius 1 is 1.65 bits per heavy atom. The number of rotatable bonds is 6. The van der Waals surface area contributed by atoms with Crippen molar-refractivity contribution in [3.8, 4) is 0 Å². The molecule has 0 aliphatic carbocycles. The van der Waals surface area contributed by atoms with Crippen molar-refractivity contribution in [2.24, 2.45) is 0 Å². The van der Waals surface area contributed by atoms with Crippen molar-refractivity contribution < 1.29 is 9.53 Å². The molecule has 1 rings (SSSR count). The molecular formula is C12H18N2O2S. The van der Waals surface area contributed by atoms with Gasteiger partial charge in [0.25, 0.3) is 0 Å². The average Bonchev–Trinajstić information content (AvgIpc) is 2.38. The summed E-state index contributed by atoms with van der Waals surface area (Å²) in [6.07, 6.45) is 2.18. The van der Waals surface area contributed by atoms with Crippen LogP contribution in [0.1, 0.15) is 24.9 Å². The van der Waals surface area contributed by atoms with Gasteiger partial charge in [-0.15, -0.1) is 11.8 Å². The molecule has 5 heteroatoms. The minimum Gasteiger partial charge on any atom is -0.469 e. The van der Waals surface area contributed by atoms with Gasteiger partial charge in [-0.25, -0.2) is 4.98 Å². The second-order valence-electron chi connectivity index (χ2n) is 3.58. The van der Waals surface area contributed by atoms with E-state index in [0.29, 0.717) is 12.2 Å². The summed E-state index contributed by atoms with van der Waals surface area (Å²) in [6, 6.07) is 4.23. The predicted molar refractivity (Wildman–Crippen MR) is 69.1 cm³/mol. The lowest BCUT2D eigenvalue weighted by atomic mass is 10.1. The van der Waals surface area contributed by atoms with Crippen molar-refractivity contribution in [2.45, 2.75) is 24.4 Å². The van der Waals surface area contributed by atoms with Crippen LogP contribution in [0.15, 0.2) is 23.4 Å². The standard InChI is InChI=1S/C12H18N2O2S/c1-9(13-2)10-5-4-7-14-12(10)17-8-6-11(15)16-3/h4-5,7,9,13H,6,8H2,1-3H3. The van der Waals surface area contributed by atoms with Crippen LogP contribution in [-0.2, 0) is 9.53 Å². The average molecular weight is 254 g/mol. The van der Waals surface area contributed by atoms with E-state index in [1.54, 1.807) is 18.0 Å². The zero-order valence-electron chi connectivity index (χ0n) is 10.4. The zero-order valence-corrected chi connectivity index (χ0v) is 11.2. The van der Waals surface area contributed by atoms with Crippen molar-refractivity contribution in [1.29, 1.82) is 0 Å². The number of esters is 1. The molecule has 4 nitrogen and oxygen atoms in total. The molecule has 0 aliphatic rings. The quantitative estimate of drug-likeness (QED) is 0.621. The summed E-state index contributed by atoms with van der Waals surface area (Å²) in [5, 5.41) is 4.16. The molecule has 1 aromatic rings. The Kier molecular flexibility index (Phi) is 6.00. The van der Waals surface area contributed by atoms with Crippen molar-refractivity contribution in [3.05, 3.63) is 23.9 Å². The minimum absolute atomic E-state index is 0.184. The fourth-order valence-electron chi connectivity index (χ4n) is 1.34. The maximum Gasteiger partial charge on any atom is 0.306 e. The predicted octanol–water partition coefficient (Wildman–Crippen LogP) is 2.02. The number of carbonyl (C=O) groups is 1. The van der Waals surface area contributed by atoms with Gasteiger partial charge in [0.2, 0.25) is 0 Å². The van der Waals surface area contributed by atoms with E-state index in [-0.39, 0.29) is 12.0 Å². The molecule has 1 heterocycles. The van der Waals surface area contributed by atoms with Crippen LogP contribution >= 0.6 is 11.8 Å². The largest absolute Gasteiger partial charge is 0.469 e. The van der Waals surface area contributed by atoms with Gasteiger partial charge in [-0.3, -0.25) is 4.79 Å². The Labute approximate surface area is 106 Å². The summed E-state index contributed by atoms with van der Waals surface area (Å²) in [4.78, 5) is 15.3.